The van der Waals surface area contributed by atoms with Crippen LogP contribution < -0.4 is 0 Å². The number of ether oxygens (including phenoxy) is 1. The predicted octanol–water partition coefficient (Wildman–Crippen LogP) is 2.01. The summed E-state index contributed by atoms with van der Waals surface area (Å²) in [6.45, 7) is 5.21. The van der Waals surface area contributed by atoms with Crippen LogP contribution in [0.25, 0.3) is 0 Å². The number of benzene rings is 1. The van der Waals surface area contributed by atoms with Crippen LogP contribution in [0.1, 0.15) is 32.4 Å². The number of aliphatic hydroxyl groups is 1. The molecular formula is C13H18O4. The Labute approximate surface area is 101 Å². The molecule has 2 N–H and O–H groups in total. The summed E-state index contributed by atoms with van der Waals surface area (Å²) < 4.78 is 4.92. The Bertz CT molecular complexity index is 398. The Hall–Kier alpha value is -1.55. The van der Waals surface area contributed by atoms with Gasteiger partial charge in [-0.1, -0.05) is 12.1 Å². The van der Waals surface area contributed by atoms with Crippen LogP contribution in [0.4, 0.5) is 0 Å². The fourth-order valence-corrected chi connectivity index (χ4v) is 1.54. The first kappa shape index (κ1) is 13.5. The van der Waals surface area contributed by atoms with Crippen molar-refractivity contribution >= 4 is 5.97 Å². The lowest BCUT2D eigenvalue weighted by molar-refractivity contribution is -0.160. The lowest BCUT2D eigenvalue weighted by Crippen LogP contribution is -2.33. The van der Waals surface area contributed by atoms with Crippen LogP contribution in [0.5, 0.6) is 5.75 Å². The van der Waals surface area contributed by atoms with Gasteiger partial charge in [0.25, 0.3) is 0 Å². The Balaban J connectivity index is 2.95. The van der Waals surface area contributed by atoms with E-state index < -0.39 is 17.5 Å². The zero-order valence-electron chi connectivity index (χ0n) is 10.3. The molecule has 0 aliphatic rings. The van der Waals surface area contributed by atoms with E-state index in [1.54, 1.807) is 32.9 Å². The number of hydrogen-bond acceptors (Lipinski definition) is 4. The van der Waals surface area contributed by atoms with E-state index in [0.29, 0.717) is 5.56 Å². The molecule has 4 heteroatoms. The van der Waals surface area contributed by atoms with Crippen molar-refractivity contribution in [2.75, 3.05) is 6.61 Å². The number of esters is 1. The van der Waals surface area contributed by atoms with Crippen LogP contribution in [-0.4, -0.2) is 22.8 Å². The molecule has 1 aromatic carbocycles. The maximum atomic E-state index is 11.7. The number of aromatic hydroxyl groups is 1. The van der Waals surface area contributed by atoms with Crippen molar-refractivity contribution in [1.29, 1.82) is 0 Å². The monoisotopic (exact) mass is 238 g/mol. The Morgan fingerprint density at radius 2 is 2.12 bits per heavy atom. The minimum Gasteiger partial charge on any atom is -0.508 e. The largest absolute Gasteiger partial charge is 0.508 e. The third-order valence-electron chi connectivity index (χ3n) is 2.67. The van der Waals surface area contributed by atoms with Gasteiger partial charge in [0.15, 0.2) is 0 Å². The summed E-state index contributed by atoms with van der Waals surface area (Å²) in [6, 6.07) is 6.22. The van der Waals surface area contributed by atoms with E-state index in [-0.39, 0.29) is 12.4 Å². The van der Waals surface area contributed by atoms with E-state index in [1.165, 1.54) is 12.1 Å². The average Bonchev–Trinajstić information content (AvgIpc) is 2.28. The molecule has 0 heterocycles. The number of carbonyl (C=O) groups is 1. The average molecular weight is 238 g/mol. The summed E-state index contributed by atoms with van der Waals surface area (Å²) in [6.07, 6.45) is -1.02. The third-order valence-corrected chi connectivity index (χ3v) is 2.67. The van der Waals surface area contributed by atoms with E-state index in [2.05, 4.69) is 0 Å². The van der Waals surface area contributed by atoms with E-state index in [1.807, 2.05) is 0 Å². The zero-order chi connectivity index (χ0) is 13.1. The number of rotatable bonds is 4. The van der Waals surface area contributed by atoms with Gasteiger partial charge in [0.05, 0.1) is 18.1 Å². The van der Waals surface area contributed by atoms with Gasteiger partial charge in [-0.15, -0.1) is 0 Å². The summed E-state index contributed by atoms with van der Waals surface area (Å²) in [5.41, 5.74) is -0.563. The summed E-state index contributed by atoms with van der Waals surface area (Å²) in [5.74, 6) is -0.406. The molecule has 0 fully saturated rings. The first-order chi connectivity index (χ1) is 7.89. The second kappa shape index (κ2) is 5.19. The highest BCUT2D eigenvalue weighted by molar-refractivity contribution is 5.77. The van der Waals surface area contributed by atoms with Gasteiger partial charge in [-0.2, -0.15) is 0 Å². The highest BCUT2D eigenvalue weighted by atomic mass is 16.5. The molecule has 0 saturated carbocycles. The van der Waals surface area contributed by atoms with Gasteiger partial charge in [0.2, 0.25) is 0 Å². The molecule has 0 aliphatic carbocycles. The van der Waals surface area contributed by atoms with Crippen LogP contribution in [0.2, 0.25) is 0 Å². The van der Waals surface area contributed by atoms with Gasteiger partial charge < -0.3 is 14.9 Å². The first-order valence-corrected chi connectivity index (χ1v) is 5.53. The molecule has 0 radical (unpaired) electrons. The van der Waals surface area contributed by atoms with Crippen molar-refractivity contribution in [1.82, 2.24) is 0 Å². The van der Waals surface area contributed by atoms with Gasteiger partial charge >= 0.3 is 5.97 Å². The lowest BCUT2D eigenvalue weighted by atomic mass is 9.82. The van der Waals surface area contributed by atoms with E-state index in [4.69, 9.17) is 4.74 Å². The molecule has 0 aromatic heterocycles. The molecule has 17 heavy (non-hydrogen) atoms. The van der Waals surface area contributed by atoms with Gasteiger partial charge in [0.1, 0.15) is 5.75 Å². The standard InChI is InChI=1S/C13H18O4/c1-4-17-12(16)13(2,3)11(15)9-6-5-7-10(14)8-9/h5-8,11,14-15H,4H2,1-3H3. The molecule has 0 amide bonds. The molecule has 1 atom stereocenters. The number of phenols is 1. The molecule has 1 unspecified atom stereocenters. The molecule has 0 bridgehead atoms. The van der Waals surface area contributed by atoms with Crippen LogP contribution >= 0.6 is 0 Å². The third kappa shape index (κ3) is 2.97. The molecule has 0 aliphatic heterocycles. The lowest BCUT2D eigenvalue weighted by Gasteiger charge is -2.28. The van der Waals surface area contributed by atoms with Crippen molar-refractivity contribution in [2.24, 2.45) is 5.41 Å². The molecule has 0 spiro atoms. The topological polar surface area (TPSA) is 66.8 Å². The highest BCUT2D eigenvalue weighted by Crippen LogP contribution is 2.35. The van der Waals surface area contributed by atoms with Gasteiger partial charge in [-0.3, -0.25) is 4.79 Å². The number of carbonyl (C=O) groups excluding carboxylic acids is 1. The molecular weight excluding hydrogens is 220 g/mol. The molecule has 94 valence electrons. The maximum absolute atomic E-state index is 11.7. The molecule has 0 saturated heterocycles. The van der Waals surface area contributed by atoms with Crippen LogP contribution in [0, 0.1) is 5.41 Å². The van der Waals surface area contributed by atoms with Crippen molar-refractivity contribution in [2.45, 2.75) is 26.9 Å². The maximum Gasteiger partial charge on any atom is 0.314 e. The van der Waals surface area contributed by atoms with Gasteiger partial charge in [-0.25, -0.2) is 0 Å². The fraction of sp³-hybridized carbons (Fsp3) is 0.462. The Morgan fingerprint density at radius 1 is 1.47 bits per heavy atom. The normalized spacial score (nSPS) is 13.2. The van der Waals surface area contributed by atoms with E-state index in [0.717, 1.165) is 0 Å². The van der Waals surface area contributed by atoms with Gasteiger partial charge in [0, 0.05) is 0 Å². The molecule has 4 nitrogen and oxygen atoms in total. The number of phenolic OH excluding ortho intramolecular Hbond substituents is 1. The van der Waals surface area contributed by atoms with Crippen LogP contribution in [-0.2, 0) is 9.53 Å². The Kier molecular flexibility index (Phi) is 4.12. The van der Waals surface area contributed by atoms with Crippen molar-refractivity contribution in [3.8, 4) is 5.75 Å². The fourth-order valence-electron chi connectivity index (χ4n) is 1.54. The highest BCUT2D eigenvalue weighted by Gasteiger charge is 2.38. The van der Waals surface area contributed by atoms with Crippen molar-refractivity contribution in [3.05, 3.63) is 29.8 Å². The number of aliphatic hydroxyl groups excluding tert-OH is 1. The van der Waals surface area contributed by atoms with Crippen molar-refractivity contribution < 1.29 is 19.7 Å². The Morgan fingerprint density at radius 3 is 2.65 bits per heavy atom. The zero-order valence-corrected chi connectivity index (χ0v) is 10.3. The minimum atomic E-state index is -1.05. The van der Waals surface area contributed by atoms with Crippen LogP contribution in [0.15, 0.2) is 24.3 Å². The number of hydrogen-bond donors (Lipinski definition) is 2. The van der Waals surface area contributed by atoms with Gasteiger partial charge in [-0.05, 0) is 38.5 Å². The van der Waals surface area contributed by atoms with Crippen molar-refractivity contribution in [3.63, 3.8) is 0 Å². The molecule has 1 rings (SSSR count). The predicted molar refractivity (Wildman–Crippen MR) is 63.5 cm³/mol. The first-order valence-electron chi connectivity index (χ1n) is 5.53. The second-order valence-corrected chi connectivity index (χ2v) is 4.44. The minimum absolute atomic E-state index is 0.0567. The smallest absolute Gasteiger partial charge is 0.314 e. The quantitative estimate of drug-likeness (QED) is 0.787. The summed E-state index contributed by atoms with van der Waals surface area (Å²) in [5, 5.41) is 19.5. The SMILES string of the molecule is CCOC(=O)C(C)(C)C(O)c1cccc(O)c1. The summed E-state index contributed by atoms with van der Waals surface area (Å²) in [4.78, 5) is 11.7. The summed E-state index contributed by atoms with van der Waals surface area (Å²) in [7, 11) is 0. The second-order valence-electron chi connectivity index (χ2n) is 4.44. The van der Waals surface area contributed by atoms with E-state index >= 15 is 0 Å². The van der Waals surface area contributed by atoms with E-state index in [9.17, 15) is 15.0 Å². The van der Waals surface area contributed by atoms with Crippen LogP contribution in [0.3, 0.4) is 0 Å². The summed E-state index contributed by atoms with van der Waals surface area (Å²) >= 11 is 0. The molecule has 1 aromatic rings.